The van der Waals surface area contributed by atoms with Gasteiger partial charge in [-0.25, -0.2) is 4.79 Å². The molecule has 0 spiro atoms. The Labute approximate surface area is 108 Å². The van der Waals surface area contributed by atoms with Crippen molar-refractivity contribution >= 4 is 27.8 Å². The number of carbonyl (C=O) groups excluding carboxylic acids is 1. The summed E-state index contributed by atoms with van der Waals surface area (Å²) in [6.07, 6.45) is 0.568. The Bertz CT molecular complexity index is 403. The monoisotopic (exact) mass is 299 g/mol. The van der Waals surface area contributed by atoms with Crippen LogP contribution >= 0.6 is 15.9 Å². The summed E-state index contributed by atoms with van der Waals surface area (Å²) in [6.45, 7) is 1.72. The number of benzene rings is 1. The molecule has 1 amide bonds. The lowest BCUT2D eigenvalue weighted by molar-refractivity contribution is -0.141. The summed E-state index contributed by atoms with van der Waals surface area (Å²) in [5.41, 5.74) is 0.853. The van der Waals surface area contributed by atoms with E-state index >= 15 is 0 Å². The minimum Gasteiger partial charge on any atom is -0.480 e. The molecule has 1 unspecified atom stereocenters. The van der Waals surface area contributed by atoms with E-state index in [9.17, 15) is 9.59 Å². The Hall–Kier alpha value is -1.36. The summed E-state index contributed by atoms with van der Waals surface area (Å²) in [5.74, 6) is -1.28. The normalized spacial score (nSPS) is 11.9. The van der Waals surface area contributed by atoms with Gasteiger partial charge in [-0.1, -0.05) is 35.0 Å². The highest BCUT2D eigenvalue weighted by atomic mass is 79.9. The second kappa shape index (κ2) is 6.39. The smallest absolute Gasteiger partial charge is 0.326 e. The van der Waals surface area contributed by atoms with Crippen molar-refractivity contribution in [1.82, 2.24) is 5.32 Å². The molecule has 4 nitrogen and oxygen atoms in total. The first-order chi connectivity index (χ1) is 8.02. The number of hydrogen-bond donors (Lipinski definition) is 2. The van der Waals surface area contributed by atoms with Gasteiger partial charge >= 0.3 is 5.97 Å². The maximum atomic E-state index is 11.6. The van der Waals surface area contributed by atoms with Crippen LogP contribution in [0.3, 0.4) is 0 Å². The third kappa shape index (κ3) is 4.56. The first-order valence-corrected chi connectivity index (χ1v) is 6.09. The van der Waals surface area contributed by atoms with E-state index in [1.54, 1.807) is 6.92 Å². The van der Waals surface area contributed by atoms with Crippen molar-refractivity contribution in [3.8, 4) is 0 Å². The fraction of sp³-hybridized carbons (Fsp3) is 0.333. The number of carboxylic acid groups (broad SMARTS) is 1. The summed E-state index contributed by atoms with van der Waals surface area (Å²) >= 11 is 3.30. The standard InChI is InChI=1S/C12H14BrNO3/c1-2-10(12(16)17)14-11(15)7-8-3-5-9(13)6-4-8/h3-6,10H,2,7H2,1H3,(H,14,15)(H,16,17). The zero-order valence-corrected chi connectivity index (χ0v) is 11.0. The quantitative estimate of drug-likeness (QED) is 0.873. The molecule has 0 aliphatic heterocycles. The van der Waals surface area contributed by atoms with Gasteiger partial charge in [0.25, 0.3) is 0 Å². The van der Waals surface area contributed by atoms with Crippen LogP contribution in [0.4, 0.5) is 0 Å². The van der Waals surface area contributed by atoms with Crippen LogP contribution < -0.4 is 5.32 Å². The number of carboxylic acids is 1. The topological polar surface area (TPSA) is 66.4 Å². The highest BCUT2D eigenvalue weighted by Gasteiger charge is 2.17. The second-order valence-corrected chi connectivity index (χ2v) is 4.59. The zero-order valence-electron chi connectivity index (χ0n) is 9.44. The van der Waals surface area contributed by atoms with Gasteiger partial charge in [-0.2, -0.15) is 0 Å². The molecule has 0 heterocycles. The van der Waals surface area contributed by atoms with Gasteiger partial charge in [0.15, 0.2) is 0 Å². The average Bonchev–Trinajstić information content (AvgIpc) is 2.28. The maximum Gasteiger partial charge on any atom is 0.326 e. The molecule has 1 aromatic carbocycles. The predicted octanol–water partition coefficient (Wildman–Crippen LogP) is 1.97. The molecule has 0 radical (unpaired) electrons. The molecule has 17 heavy (non-hydrogen) atoms. The molecule has 1 atom stereocenters. The molecule has 5 heteroatoms. The van der Waals surface area contributed by atoms with E-state index in [1.807, 2.05) is 24.3 Å². The van der Waals surface area contributed by atoms with Crippen molar-refractivity contribution in [3.63, 3.8) is 0 Å². The van der Waals surface area contributed by atoms with Crippen molar-refractivity contribution in [1.29, 1.82) is 0 Å². The fourth-order valence-electron chi connectivity index (χ4n) is 1.37. The van der Waals surface area contributed by atoms with Gasteiger partial charge in [0.05, 0.1) is 6.42 Å². The molecule has 92 valence electrons. The predicted molar refractivity (Wildman–Crippen MR) is 67.7 cm³/mol. The summed E-state index contributed by atoms with van der Waals surface area (Å²) in [4.78, 5) is 22.3. The fourth-order valence-corrected chi connectivity index (χ4v) is 1.64. The maximum absolute atomic E-state index is 11.6. The van der Waals surface area contributed by atoms with E-state index < -0.39 is 12.0 Å². The lowest BCUT2D eigenvalue weighted by atomic mass is 10.1. The summed E-state index contributed by atoms with van der Waals surface area (Å²) in [6, 6.07) is 6.53. The first-order valence-electron chi connectivity index (χ1n) is 5.29. The molecule has 0 fully saturated rings. The third-order valence-electron chi connectivity index (χ3n) is 2.32. The molecule has 0 aliphatic rings. The SMILES string of the molecule is CCC(NC(=O)Cc1ccc(Br)cc1)C(=O)O. The van der Waals surface area contributed by atoms with Crippen LogP contribution in [-0.4, -0.2) is 23.0 Å². The van der Waals surface area contributed by atoms with E-state index in [0.717, 1.165) is 10.0 Å². The highest BCUT2D eigenvalue weighted by molar-refractivity contribution is 9.10. The minimum absolute atomic E-state index is 0.192. The molecular formula is C12H14BrNO3. The number of nitrogens with one attached hydrogen (secondary N) is 1. The summed E-state index contributed by atoms with van der Waals surface area (Å²) in [5, 5.41) is 11.3. The molecule has 2 N–H and O–H groups in total. The Morgan fingerprint density at radius 2 is 1.94 bits per heavy atom. The van der Waals surface area contributed by atoms with Gasteiger partial charge in [-0.05, 0) is 24.1 Å². The molecule has 1 rings (SSSR count). The molecule has 0 aromatic heterocycles. The van der Waals surface area contributed by atoms with Gasteiger partial charge in [0.1, 0.15) is 6.04 Å². The van der Waals surface area contributed by atoms with Gasteiger partial charge in [-0.3, -0.25) is 4.79 Å². The Balaban J connectivity index is 2.54. The van der Waals surface area contributed by atoms with Crippen molar-refractivity contribution in [2.45, 2.75) is 25.8 Å². The minimum atomic E-state index is -1.00. The van der Waals surface area contributed by atoms with Crippen molar-refractivity contribution in [3.05, 3.63) is 34.3 Å². The van der Waals surface area contributed by atoms with Gasteiger partial charge in [0.2, 0.25) is 5.91 Å². The summed E-state index contributed by atoms with van der Waals surface area (Å²) in [7, 11) is 0. The second-order valence-electron chi connectivity index (χ2n) is 3.67. The molecule has 1 aromatic rings. The average molecular weight is 300 g/mol. The van der Waals surface area contributed by atoms with Gasteiger partial charge in [0, 0.05) is 4.47 Å². The molecule has 0 saturated carbocycles. The van der Waals surface area contributed by atoms with Crippen LogP contribution in [0.2, 0.25) is 0 Å². The molecule has 0 saturated heterocycles. The van der Waals surface area contributed by atoms with Crippen molar-refractivity contribution in [2.75, 3.05) is 0 Å². The van der Waals surface area contributed by atoms with Crippen LogP contribution in [0.1, 0.15) is 18.9 Å². The molecule has 0 bridgehead atoms. The Morgan fingerprint density at radius 3 is 2.41 bits per heavy atom. The van der Waals surface area contributed by atoms with Crippen LogP contribution in [-0.2, 0) is 16.0 Å². The lowest BCUT2D eigenvalue weighted by Gasteiger charge is -2.12. The lowest BCUT2D eigenvalue weighted by Crippen LogP contribution is -2.40. The number of carbonyl (C=O) groups is 2. The number of rotatable bonds is 5. The molecule has 0 aliphatic carbocycles. The highest BCUT2D eigenvalue weighted by Crippen LogP contribution is 2.10. The Kier molecular flexibility index (Phi) is 5.15. The van der Waals surface area contributed by atoms with Gasteiger partial charge in [-0.15, -0.1) is 0 Å². The third-order valence-corrected chi connectivity index (χ3v) is 2.85. The molecular weight excluding hydrogens is 286 g/mol. The van der Waals surface area contributed by atoms with Crippen LogP contribution in [0.5, 0.6) is 0 Å². The van der Waals surface area contributed by atoms with Gasteiger partial charge < -0.3 is 10.4 Å². The summed E-state index contributed by atoms with van der Waals surface area (Å²) < 4.78 is 0.943. The van der Waals surface area contributed by atoms with Crippen LogP contribution in [0.15, 0.2) is 28.7 Å². The number of hydrogen-bond acceptors (Lipinski definition) is 2. The van der Waals surface area contributed by atoms with Crippen molar-refractivity contribution in [2.24, 2.45) is 0 Å². The van der Waals surface area contributed by atoms with E-state index in [4.69, 9.17) is 5.11 Å². The van der Waals surface area contributed by atoms with E-state index in [1.165, 1.54) is 0 Å². The van der Waals surface area contributed by atoms with E-state index in [0.29, 0.717) is 6.42 Å². The number of halogens is 1. The number of amides is 1. The van der Waals surface area contributed by atoms with E-state index in [2.05, 4.69) is 21.2 Å². The zero-order chi connectivity index (χ0) is 12.8. The number of aliphatic carboxylic acids is 1. The van der Waals surface area contributed by atoms with Crippen LogP contribution in [0.25, 0.3) is 0 Å². The van der Waals surface area contributed by atoms with Crippen molar-refractivity contribution < 1.29 is 14.7 Å². The van der Waals surface area contributed by atoms with E-state index in [-0.39, 0.29) is 12.3 Å². The van der Waals surface area contributed by atoms with Crippen LogP contribution in [0, 0.1) is 0 Å². The Morgan fingerprint density at radius 1 is 1.35 bits per heavy atom. The largest absolute Gasteiger partial charge is 0.480 e. The first kappa shape index (κ1) is 13.7.